The predicted molar refractivity (Wildman–Crippen MR) is 109 cm³/mol. The van der Waals surface area contributed by atoms with Crippen LogP contribution in [-0.2, 0) is 4.79 Å². The molecule has 3 rings (SSSR count). The van der Waals surface area contributed by atoms with Crippen molar-refractivity contribution in [2.45, 2.75) is 0 Å². The molecule has 1 amide bonds. The van der Waals surface area contributed by atoms with Gasteiger partial charge in [0.15, 0.2) is 5.13 Å². The average Bonchev–Trinajstić information content (AvgIpc) is 3.15. The van der Waals surface area contributed by atoms with Gasteiger partial charge in [0.2, 0.25) is 5.91 Å². The molecule has 0 atom stereocenters. The van der Waals surface area contributed by atoms with E-state index >= 15 is 0 Å². The summed E-state index contributed by atoms with van der Waals surface area (Å²) in [5.41, 5.74) is 8.72. The number of nitrogens with zero attached hydrogens (tertiary/aromatic N) is 1. The Kier molecular flexibility index (Phi) is 5.73. The SMILES string of the molecule is COc1ccc(OC)c(-c2csc(NC(=O)/C=C/c3ccc(N)cc3)n2)c1. The molecule has 3 aromatic rings. The number of methoxy groups -OCH3 is 2. The molecule has 6 nitrogen and oxygen atoms in total. The number of nitrogens with two attached hydrogens (primary N) is 1. The third kappa shape index (κ3) is 4.65. The molecule has 0 spiro atoms. The molecule has 0 saturated carbocycles. The maximum atomic E-state index is 12.1. The third-order valence-electron chi connectivity index (χ3n) is 3.78. The molecule has 27 heavy (non-hydrogen) atoms. The zero-order valence-corrected chi connectivity index (χ0v) is 15.7. The van der Waals surface area contributed by atoms with Gasteiger partial charge in [0.05, 0.1) is 19.9 Å². The topological polar surface area (TPSA) is 86.5 Å². The maximum Gasteiger partial charge on any atom is 0.250 e. The van der Waals surface area contributed by atoms with Crippen molar-refractivity contribution >= 4 is 34.1 Å². The quantitative estimate of drug-likeness (QED) is 0.497. The standard InChI is InChI=1S/C20H19N3O3S/c1-25-15-8-9-18(26-2)16(11-15)17-12-27-20(22-17)23-19(24)10-5-13-3-6-14(21)7-4-13/h3-12H,21H2,1-2H3,(H,22,23,24)/b10-5+. The highest BCUT2D eigenvalue weighted by Crippen LogP contribution is 2.35. The summed E-state index contributed by atoms with van der Waals surface area (Å²) in [6.45, 7) is 0. The van der Waals surface area contributed by atoms with Gasteiger partial charge in [-0.25, -0.2) is 4.98 Å². The summed E-state index contributed by atoms with van der Waals surface area (Å²) in [4.78, 5) is 16.6. The lowest BCUT2D eigenvalue weighted by molar-refractivity contribution is -0.111. The molecule has 1 aromatic heterocycles. The minimum absolute atomic E-state index is 0.259. The van der Waals surface area contributed by atoms with Crippen molar-refractivity contribution in [3.63, 3.8) is 0 Å². The van der Waals surface area contributed by atoms with Crippen molar-refractivity contribution in [3.8, 4) is 22.8 Å². The van der Waals surface area contributed by atoms with Crippen LogP contribution in [0.4, 0.5) is 10.8 Å². The summed E-state index contributed by atoms with van der Waals surface area (Å²) in [7, 11) is 3.20. The summed E-state index contributed by atoms with van der Waals surface area (Å²) in [6.07, 6.45) is 3.17. The number of benzene rings is 2. The number of carbonyl (C=O) groups is 1. The fraction of sp³-hybridized carbons (Fsp3) is 0.100. The predicted octanol–water partition coefficient (Wildman–Crippen LogP) is 4.06. The number of thiazole rings is 1. The Morgan fingerprint density at radius 3 is 2.63 bits per heavy atom. The van der Waals surface area contributed by atoms with Crippen LogP contribution in [0.25, 0.3) is 17.3 Å². The van der Waals surface area contributed by atoms with Crippen LogP contribution in [0, 0.1) is 0 Å². The number of rotatable bonds is 6. The van der Waals surface area contributed by atoms with E-state index in [9.17, 15) is 4.79 Å². The molecule has 0 aliphatic carbocycles. The number of nitrogens with one attached hydrogen (secondary N) is 1. The van der Waals surface area contributed by atoms with Crippen molar-refractivity contribution in [1.82, 2.24) is 4.98 Å². The zero-order chi connectivity index (χ0) is 19.2. The Morgan fingerprint density at radius 2 is 1.93 bits per heavy atom. The van der Waals surface area contributed by atoms with Crippen molar-refractivity contribution in [3.05, 3.63) is 59.5 Å². The highest BCUT2D eigenvalue weighted by Gasteiger charge is 2.12. The first-order chi connectivity index (χ1) is 13.1. The molecule has 0 unspecified atom stereocenters. The van der Waals surface area contributed by atoms with Crippen LogP contribution in [0.2, 0.25) is 0 Å². The smallest absolute Gasteiger partial charge is 0.250 e. The van der Waals surface area contributed by atoms with E-state index in [4.69, 9.17) is 15.2 Å². The second kappa shape index (κ2) is 8.37. The number of nitrogen functional groups attached to an aromatic ring is 1. The van der Waals surface area contributed by atoms with Gasteiger partial charge in [-0.05, 0) is 42.0 Å². The van der Waals surface area contributed by atoms with Crippen LogP contribution in [0.3, 0.4) is 0 Å². The second-order valence-corrected chi connectivity index (χ2v) is 6.45. The van der Waals surface area contributed by atoms with Gasteiger partial charge in [-0.15, -0.1) is 11.3 Å². The molecule has 0 aliphatic heterocycles. The zero-order valence-electron chi connectivity index (χ0n) is 14.9. The number of hydrogen-bond acceptors (Lipinski definition) is 6. The maximum absolute atomic E-state index is 12.1. The van der Waals surface area contributed by atoms with Crippen LogP contribution >= 0.6 is 11.3 Å². The molecule has 0 aliphatic rings. The molecule has 7 heteroatoms. The van der Waals surface area contributed by atoms with Gasteiger partial charge in [-0.1, -0.05) is 12.1 Å². The van der Waals surface area contributed by atoms with E-state index in [1.807, 2.05) is 35.7 Å². The number of anilines is 2. The van der Waals surface area contributed by atoms with Crippen LogP contribution in [-0.4, -0.2) is 25.1 Å². The first-order valence-corrected chi connectivity index (χ1v) is 8.99. The number of amides is 1. The summed E-state index contributed by atoms with van der Waals surface area (Å²) in [6, 6.07) is 12.7. The summed E-state index contributed by atoms with van der Waals surface area (Å²) in [5, 5.41) is 5.12. The Labute approximate surface area is 161 Å². The van der Waals surface area contributed by atoms with Crippen LogP contribution < -0.4 is 20.5 Å². The van der Waals surface area contributed by atoms with Gasteiger partial charge in [0.1, 0.15) is 11.5 Å². The second-order valence-electron chi connectivity index (χ2n) is 5.59. The van der Waals surface area contributed by atoms with Crippen molar-refractivity contribution < 1.29 is 14.3 Å². The van der Waals surface area contributed by atoms with Gasteiger partial charge < -0.3 is 15.2 Å². The average molecular weight is 381 g/mol. The van der Waals surface area contributed by atoms with E-state index in [1.54, 1.807) is 32.4 Å². The van der Waals surface area contributed by atoms with Crippen molar-refractivity contribution in [2.75, 3.05) is 25.3 Å². The first kappa shape index (κ1) is 18.5. The van der Waals surface area contributed by atoms with Gasteiger partial charge in [0, 0.05) is 22.7 Å². The third-order valence-corrected chi connectivity index (χ3v) is 4.54. The van der Waals surface area contributed by atoms with E-state index in [2.05, 4.69) is 10.3 Å². The number of carbonyl (C=O) groups excluding carboxylic acids is 1. The highest BCUT2D eigenvalue weighted by atomic mass is 32.1. The molecule has 0 fully saturated rings. The molecule has 2 aromatic carbocycles. The monoisotopic (exact) mass is 381 g/mol. The van der Waals surface area contributed by atoms with Crippen LogP contribution in [0.15, 0.2) is 53.9 Å². The molecule has 0 saturated heterocycles. The molecular weight excluding hydrogens is 362 g/mol. The summed E-state index contributed by atoms with van der Waals surface area (Å²) in [5.74, 6) is 1.13. The number of aromatic nitrogens is 1. The lowest BCUT2D eigenvalue weighted by Gasteiger charge is -2.08. The van der Waals surface area contributed by atoms with E-state index in [0.717, 1.165) is 11.1 Å². The minimum Gasteiger partial charge on any atom is -0.497 e. The van der Waals surface area contributed by atoms with Gasteiger partial charge in [-0.2, -0.15) is 0 Å². The summed E-state index contributed by atoms with van der Waals surface area (Å²) < 4.78 is 10.6. The minimum atomic E-state index is -0.259. The highest BCUT2D eigenvalue weighted by molar-refractivity contribution is 7.14. The Balaban J connectivity index is 1.72. The van der Waals surface area contributed by atoms with E-state index in [0.29, 0.717) is 28.0 Å². The van der Waals surface area contributed by atoms with Gasteiger partial charge in [-0.3, -0.25) is 10.1 Å². The van der Waals surface area contributed by atoms with Gasteiger partial charge >= 0.3 is 0 Å². The number of ether oxygens (including phenoxy) is 2. The Morgan fingerprint density at radius 1 is 1.15 bits per heavy atom. The largest absolute Gasteiger partial charge is 0.497 e. The van der Waals surface area contributed by atoms with Crippen LogP contribution in [0.5, 0.6) is 11.5 Å². The van der Waals surface area contributed by atoms with Crippen molar-refractivity contribution in [2.24, 2.45) is 0 Å². The molecule has 0 bridgehead atoms. The van der Waals surface area contributed by atoms with E-state index in [1.165, 1.54) is 17.4 Å². The molecule has 1 heterocycles. The fourth-order valence-corrected chi connectivity index (χ4v) is 3.11. The van der Waals surface area contributed by atoms with E-state index in [-0.39, 0.29) is 5.91 Å². The summed E-state index contributed by atoms with van der Waals surface area (Å²) >= 11 is 1.34. The number of hydrogen-bond donors (Lipinski definition) is 2. The van der Waals surface area contributed by atoms with Gasteiger partial charge in [0.25, 0.3) is 0 Å². The molecule has 138 valence electrons. The Bertz CT molecular complexity index is 965. The normalized spacial score (nSPS) is 10.7. The molecule has 3 N–H and O–H groups in total. The van der Waals surface area contributed by atoms with Crippen molar-refractivity contribution in [1.29, 1.82) is 0 Å². The lowest BCUT2D eigenvalue weighted by atomic mass is 10.1. The Hall–Kier alpha value is -3.32. The van der Waals surface area contributed by atoms with E-state index < -0.39 is 0 Å². The fourth-order valence-electron chi connectivity index (χ4n) is 2.40. The lowest BCUT2D eigenvalue weighted by Crippen LogP contribution is -2.07. The molecular formula is C20H19N3O3S. The first-order valence-electron chi connectivity index (χ1n) is 8.11. The van der Waals surface area contributed by atoms with Crippen LogP contribution in [0.1, 0.15) is 5.56 Å². The molecule has 0 radical (unpaired) electrons.